The number of allylic oxidation sites excluding steroid dienone is 2. The van der Waals surface area contributed by atoms with Gasteiger partial charge in [-0.25, -0.2) is 0 Å². The van der Waals surface area contributed by atoms with Crippen LogP contribution in [0.15, 0.2) is 35.4 Å². The van der Waals surface area contributed by atoms with Crippen molar-refractivity contribution in [2.24, 2.45) is 5.92 Å². The molecule has 0 fully saturated rings. The molecular weight excluding hydrogens is 224 g/mol. The van der Waals surface area contributed by atoms with Gasteiger partial charge in [0.15, 0.2) is 11.6 Å². The van der Waals surface area contributed by atoms with Gasteiger partial charge in [-0.2, -0.15) is 0 Å². The van der Waals surface area contributed by atoms with Gasteiger partial charge >= 0.3 is 0 Å². The van der Waals surface area contributed by atoms with E-state index in [0.717, 1.165) is 36.8 Å². The summed E-state index contributed by atoms with van der Waals surface area (Å²) in [7, 11) is 0. The second-order valence-corrected chi connectivity index (χ2v) is 5.18. The van der Waals surface area contributed by atoms with Crippen molar-refractivity contribution in [3.63, 3.8) is 0 Å². The van der Waals surface area contributed by atoms with Gasteiger partial charge in [-0.15, -0.1) is 0 Å². The topological polar surface area (TPSA) is 34.1 Å². The van der Waals surface area contributed by atoms with Gasteiger partial charge < -0.3 is 0 Å². The number of carbonyl (C=O) groups is 2. The Morgan fingerprint density at radius 2 is 1.67 bits per heavy atom. The van der Waals surface area contributed by atoms with E-state index < -0.39 is 0 Å². The highest BCUT2D eigenvalue weighted by Crippen LogP contribution is 2.38. The van der Waals surface area contributed by atoms with Crippen molar-refractivity contribution in [3.8, 4) is 0 Å². The van der Waals surface area contributed by atoms with Crippen LogP contribution in [0.3, 0.4) is 0 Å². The van der Waals surface area contributed by atoms with Gasteiger partial charge in [0.25, 0.3) is 0 Å². The molecule has 2 aliphatic carbocycles. The molecule has 2 aliphatic rings. The van der Waals surface area contributed by atoms with Gasteiger partial charge in [-0.3, -0.25) is 9.59 Å². The lowest BCUT2D eigenvalue weighted by Gasteiger charge is -2.28. The average Bonchev–Trinajstić information content (AvgIpc) is 2.44. The molecule has 0 bridgehead atoms. The number of hydrogen-bond donors (Lipinski definition) is 0. The maximum Gasteiger partial charge on any atom is 0.190 e. The normalized spacial score (nSPS) is 22.8. The molecule has 0 saturated heterocycles. The van der Waals surface area contributed by atoms with E-state index in [0.29, 0.717) is 17.0 Å². The zero-order valence-corrected chi connectivity index (χ0v) is 10.5. The number of benzene rings is 1. The maximum atomic E-state index is 12.4. The first-order chi connectivity index (χ1) is 8.72. The first kappa shape index (κ1) is 11.4. The number of carbonyl (C=O) groups excluding carboxylic acids is 2. The van der Waals surface area contributed by atoms with Crippen molar-refractivity contribution in [2.75, 3.05) is 0 Å². The molecule has 0 saturated carbocycles. The summed E-state index contributed by atoms with van der Waals surface area (Å²) in [6.45, 7) is 2.15. The standard InChI is InChI=1S/C16H16O2/c1-2-10-7-8-13-14(9-10)16(18)12-6-4-3-5-11(12)15(13)17/h3-6,10H,2,7-9H2,1H3/t10-/m1/s1. The minimum atomic E-state index is 0.0785. The molecule has 0 aliphatic heterocycles. The fourth-order valence-electron chi connectivity index (χ4n) is 3.05. The first-order valence-corrected chi connectivity index (χ1v) is 6.62. The highest BCUT2D eigenvalue weighted by Gasteiger charge is 2.34. The molecule has 1 atom stereocenters. The summed E-state index contributed by atoms with van der Waals surface area (Å²) in [6, 6.07) is 7.20. The lowest BCUT2D eigenvalue weighted by atomic mass is 9.73. The van der Waals surface area contributed by atoms with Crippen molar-refractivity contribution in [3.05, 3.63) is 46.5 Å². The zero-order valence-electron chi connectivity index (χ0n) is 10.5. The third kappa shape index (κ3) is 1.56. The molecule has 2 nitrogen and oxygen atoms in total. The van der Waals surface area contributed by atoms with Gasteiger partial charge in [-0.05, 0) is 25.2 Å². The maximum absolute atomic E-state index is 12.4. The summed E-state index contributed by atoms with van der Waals surface area (Å²) in [5.74, 6) is 0.721. The van der Waals surface area contributed by atoms with Crippen molar-refractivity contribution in [2.45, 2.75) is 32.6 Å². The van der Waals surface area contributed by atoms with Crippen LogP contribution in [0.1, 0.15) is 53.3 Å². The predicted octanol–water partition coefficient (Wildman–Crippen LogP) is 3.57. The summed E-state index contributed by atoms with van der Waals surface area (Å²) in [5.41, 5.74) is 2.76. The Morgan fingerprint density at radius 3 is 2.28 bits per heavy atom. The molecule has 0 unspecified atom stereocenters. The summed E-state index contributed by atoms with van der Waals surface area (Å²) in [6.07, 6.45) is 3.67. The van der Waals surface area contributed by atoms with Gasteiger partial charge in [0.2, 0.25) is 0 Å². The number of Topliss-reactive ketones (excluding diaryl/α,β-unsaturated/α-hetero) is 2. The van der Waals surface area contributed by atoms with E-state index in [-0.39, 0.29) is 11.6 Å². The molecule has 18 heavy (non-hydrogen) atoms. The van der Waals surface area contributed by atoms with Gasteiger partial charge in [0.05, 0.1) is 0 Å². The Kier molecular flexibility index (Phi) is 2.66. The van der Waals surface area contributed by atoms with Gasteiger partial charge in [0.1, 0.15) is 0 Å². The van der Waals surface area contributed by atoms with Gasteiger partial charge in [-0.1, -0.05) is 37.6 Å². The molecule has 0 heterocycles. The quantitative estimate of drug-likeness (QED) is 0.752. The second kappa shape index (κ2) is 4.20. The van der Waals surface area contributed by atoms with E-state index in [9.17, 15) is 9.59 Å². The van der Waals surface area contributed by atoms with E-state index in [4.69, 9.17) is 0 Å². The molecule has 0 spiro atoms. The number of fused-ring (bicyclic) bond motifs is 1. The zero-order chi connectivity index (χ0) is 12.7. The number of hydrogen-bond acceptors (Lipinski definition) is 2. The number of ketones is 2. The Labute approximate surface area is 107 Å². The molecule has 92 valence electrons. The van der Waals surface area contributed by atoms with Crippen molar-refractivity contribution in [1.29, 1.82) is 0 Å². The Morgan fingerprint density at radius 1 is 1.06 bits per heavy atom. The molecule has 2 heteroatoms. The van der Waals surface area contributed by atoms with Crippen LogP contribution in [-0.2, 0) is 0 Å². The highest BCUT2D eigenvalue weighted by atomic mass is 16.1. The smallest absolute Gasteiger partial charge is 0.190 e. The van der Waals surface area contributed by atoms with Crippen LogP contribution in [0, 0.1) is 5.92 Å². The summed E-state index contributed by atoms with van der Waals surface area (Å²) >= 11 is 0. The Bertz CT molecular complexity index is 566. The number of rotatable bonds is 1. The van der Waals surface area contributed by atoms with E-state index in [1.54, 1.807) is 12.1 Å². The lowest BCUT2D eigenvalue weighted by molar-refractivity contribution is 0.0959. The molecule has 0 aromatic heterocycles. The molecule has 3 rings (SSSR count). The predicted molar refractivity (Wildman–Crippen MR) is 69.8 cm³/mol. The minimum Gasteiger partial charge on any atom is -0.289 e. The van der Waals surface area contributed by atoms with Crippen molar-refractivity contribution in [1.82, 2.24) is 0 Å². The van der Waals surface area contributed by atoms with Crippen LogP contribution < -0.4 is 0 Å². The van der Waals surface area contributed by atoms with E-state index in [2.05, 4.69) is 6.92 Å². The van der Waals surface area contributed by atoms with Crippen LogP contribution >= 0.6 is 0 Å². The van der Waals surface area contributed by atoms with Crippen LogP contribution in [0.2, 0.25) is 0 Å². The Hall–Kier alpha value is -1.70. The van der Waals surface area contributed by atoms with Crippen molar-refractivity contribution < 1.29 is 9.59 Å². The van der Waals surface area contributed by atoms with Crippen molar-refractivity contribution >= 4 is 11.6 Å². The SMILES string of the molecule is CC[C@@H]1CCC2=C(C1)C(=O)c1ccccc1C2=O. The molecule has 0 amide bonds. The van der Waals surface area contributed by atoms with Crippen LogP contribution in [0.5, 0.6) is 0 Å². The van der Waals surface area contributed by atoms with E-state index >= 15 is 0 Å². The van der Waals surface area contributed by atoms with E-state index in [1.165, 1.54) is 0 Å². The third-order valence-corrected chi connectivity index (χ3v) is 4.20. The first-order valence-electron chi connectivity index (χ1n) is 6.62. The molecule has 1 aromatic rings. The van der Waals surface area contributed by atoms with Gasteiger partial charge in [0, 0.05) is 22.3 Å². The Balaban J connectivity index is 2.10. The monoisotopic (exact) mass is 240 g/mol. The van der Waals surface area contributed by atoms with E-state index in [1.807, 2.05) is 12.1 Å². The lowest BCUT2D eigenvalue weighted by Crippen LogP contribution is -2.26. The molecule has 1 aromatic carbocycles. The molecule has 0 N–H and O–H groups in total. The largest absolute Gasteiger partial charge is 0.289 e. The minimum absolute atomic E-state index is 0.0785. The summed E-state index contributed by atoms with van der Waals surface area (Å²) in [4.78, 5) is 24.8. The summed E-state index contributed by atoms with van der Waals surface area (Å²) < 4.78 is 0. The fourth-order valence-corrected chi connectivity index (χ4v) is 3.05. The van der Waals surface area contributed by atoms with Crippen LogP contribution in [-0.4, -0.2) is 11.6 Å². The average molecular weight is 240 g/mol. The van der Waals surface area contributed by atoms with Crippen LogP contribution in [0.25, 0.3) is 0 Å². The third-order valence-electron chi connectivity index (χ3n) is 4.20. The molecular formula is C16H16O2. The van der Waals surface area contributed by atoms with Crippen LogP contribution in [0.4, 0.5) is 0 Å². The second-order valence-electron chi connectivity index (χ2n) is 5.18. The fraction of sp³-hybridized carbons (Fsp3) is 0.375. The molecule has 0 radical (unpaired) electrons. The summed E-state index contributed by atoms with van der Waals surface area (Å²) in [5, 5.41) is 0. The highest BCUT2D eigenvalue weighted by molar-refractivity contribution is 6.27.